The van der Waals surface area contributed by atoms with Crippen molar-refractivity contribution in [1.29, 1.82) is 0 Å². The molecule has 2 N–H and O–H groups in total. The summed E-state index contributed by atoms with van der Waals surface area (Å²) in [6.07, 6.45) is 2.30. The highest BCUT2D eigenvalue weighted by Gasteiger charge is 2.31. The van der Waals surface area contributed by atoms with E-state index >= 15 is 0 Å². The molecule has 106 valence electrons. The number of anilines is 1. The molecule has 0 unspecified atom stereocenters. The Hall–Kier alpha value is -1.61. The van der Waals surface area contributed by atoms with Gasteiger partial charge in [0.1, 0.15) is 0 Å². The highest BCUT2D eigenvalue weighted by molar-refractivity contribution is 7.90. The maximum absolute atomic E-state index is 12.1. The zero-order valence-corrected chi connectivity index (χ0v) is 11.3. The molecule has 1 saturated heterocycles. The van der Waals surface area contributed by atoms with Crippen LogP contribution in [0.15, 0.2) is 12.3 Å². The SMILES string of the molecule is Cn1ccc(NS(=O)(=O)N2CCC(C(=O)O)CC2)n1. The first-order valence-corrected chi connectivity index (χ1v) is 7.33. The Balaban J connectivity index is 1.99. The minimum Gasteiger partial charge on any atom is -0.481 e. The van der Waals surface area contributed by atoms with Crippen LogP contribution >= 0.6 is 0 Å². The lowest BCUT2D eigenvalue weighted by atomic mass is 9.99. The second-order valence-electron chi connectivity index (χ2n) is 4.49. The summed E-state index contributed by atoms with van der Waals surface area (Å²) in [5.41, 5.74) is 0. The summed E-state index contributed by atoms with van der Waals surface area (Å²) in [5.74, 6) is -1.07. The molecular weight excluding hydrogens is 272 g/mol. The number of piperidine rings is 1. The first-order valence-electron chi connectivity index (χ1n) is 5.89. The van der Waals surface area contributed by atoms with E-state index in [9.17, 15) is 13.2 Å². The largest absolute Gasteiger partial charge is 0.481 e. The average molecular weight is 288 g/mol. The first-order chi connectivity index (χ1) is 8.88. The zero-order chi connectivity index (χ0) is 14.0. The minimum absolute atomic E-state index is 0.207. The lowest BCUT2D eigenvalue weighted by Gasteiger charge is -2.28. The van der Waals surface area contributed by atoms with Crippen LogP contribution in [0, 0.1) is 5.92 Å². The molecule has 1 fully saturated rings. The van der Waals surface area contributed by atoms with Crippen LogP contribution < -0.4 is 4.72 Å². The predicted molar refractivity (Wildman–Crippen MR) is 67.7 cm³/mol. The van der Waals surface area contributed by atoms with Crippen molar-refractivity contribution in [2.75, 3.05) is 17.8 Å². The van der Waals surface area contributed by atoms with Crippen molar-refractivity contribution in [2.24, 2.45) is 13.0 Å². The fourth-order valence-corrected chi connectivity index (χ4v) is 3.20. The Morgan fingerprint density at radius 2 is 2.11 bits per heavy atom. The van der Waals surface area contributed by atoms with E-state index in [1.54, 1.807) is 19.3 Å². The van der Waals surface area contributed by atoms with Gasteiger partial charge in [-0.3, -0.25) is 14.2 Å². The minimum atomic E-state index is -3.66. The molecule has 0 radical (unpaired) electrons. The Labute approximate surface area is 111 Å². The van der Waals surface area contributed by atoms with Gasteiger partial charge in [-0.25, -0.2) is 0 Å². The maximum atomic E-state index is 12.1. The number of nitrogens with one attached hydrogen (secondary N) is 1. The lowest BCUT2D eigenvalue weighted by molar-refractivity contribution is -0.142. The van der Waals surface area contributed by atoms with E-state index in [0.717, 1.165) is 0 Å². The van der Waals surface area contributed by atoms with E-state index in [1.165, 1.54) is 8.99 Å². The number of hydrogen-bond acceptors (Lipinski definition) is 4. The highest BCUT2D eigenvalue weighted by atomic mass is 32.2. The first kappa shape index (κ1) is 13.8. The third kappa shape index (κ3) is 3.24. The van der Waals surface area contributed by atoms with Crippen molar-refractivity contribution < 1.29 is 18.3 Å². The second kappa shape index (κ2) is 5.17. The molecule has 0 amide bonds. The van der Waals surface area contributed by atoms with Gasteiger partial charge in [-0.15, -0.1) is 0 Å². The van der Waals surface area contributed by atoms with Crippen molar-refractivity contribution in [3.63, 3.8) is 0 Å². The Bertz CT molecular complexity index is 560. The monoisotopic (exact) mass is 288 g/mol. The summed E-state index contributed by atoms with van der Waals surface area (Å²) in [4.78, 5) is 10.8. The molecule has 0 bridgehead atoms. The van der Waals surface area contributed by atoms with Crippen molar-refractivity contribution in [1.82, 2.24) is 14.1 Å². The van der Waals surface area contributed by atoms with Gasteiger partial charge in [0.15, 0.2) is 5.82 Å². The lowest BCUT2D eigenvalue weighted by Crippen LogP contribution is -2.43. The van der Waals surface area contributed by atoms with Gasteiger partial charge in [-0.1, -0.05) is 0 Å². The molecule has 0 saturated carbocycles. The van der Waals surface area contributed by atoms with Gasteiger partial charge in [0.05, 0.1) is 5.92 Å². The molecule has 8 nitrogen and oxygen atoms in total. The molecule has 1 aliphatic rings. The van der Waals surface area contributed by atoms with Crippen molar-refractivity contribution in [3.05, 3.63) is 12.3 Å². The molecule has 9 heteroatoms. The van der Waals surface area contributed by atoms with Crippen LogP contribution in [0.2, 0.25) is 0 Å². The molecule has 0 atom stereocenters. The normalized spacial score (nSPS) is 18.4. The van der Waals surface area contributed by atoms with Gasteiger partial charge in [-0.05, 0) is 12.8 Å². The van der Waals surface area contributed by atoms with Gasteiger partial charge in [0.25, 0.3) is 0 Å². The van der Waals surface area contributed by atoms with Crippen LogP contribution in [-0.2, 0) is 22.1 Å². The van der Waals surface area contributed by atoms with Crippen LogP contribution in [0.25, 0.3) is 0 Å². The number of nitrogens with zero attached hydrogens (tertiary/aromatic N) is 3. The van der Waals surface area contributed by atoms with Crippen LogP contribution in [0.1, 0.15) is 12.8 Å². The molecule has 0 aromatic carbocycles. The number of rotatable bonds is 4. The molecule has 1 aromatic heterocycles. The Morgan fingerprint density at radius 3 is 2.58 bits per heavy atom. The van der Waals surface area contributed by atoms with Crippen LogP contribution in [-0.4, -0.2) is 46.7 Å². The summed E-state index contributed by atoms with van der Waals surface area (Å²) < 4.78 is 29.2. The standard InChI is InChI=1S/C10H16N4O4S/c1-13-5-4-9(11-13)12-19(17,18)14-6-2-8(3-7-14)10(15)16/h4-5,8H,2-3,6-7H2,1H3,(H,11,12)(H,15,16). The number of carboxylic acids is 1. The number of hydrogen-bond donors (Lipinski definition) is 2. The molecule has 1 aliphatic heterocycles. The average Bonchev–Trinajstić information content (AvgIpc) is 2.74. The van der Waals surface area contributed by atoms with Crippen molar-refractivity contribution in [3.8, 4) is 0 Å². The van der Waals surface area contributed by atoms with E-state index in [-0.39, 0.29) is 18.9 Å². The smallest absolute Gasteiger partial charge is 0.306 e. The third-order valence-electron chi connectivity index (χ3n) is 3.09. The van der Waals surface area contributed by atoms with E-state index in [0.29, 0.717) is 12.8 Å². The number of carboxylic acid groups (broad SMARTS) is 1. The van der Waals surface area contributed by atoms with E-state index in [4.69, 9.17) is 5.11 Å². The highest BCUT2D eigenvalue weighted by Crippen LogP contribution is 2.20. The summed E-state index contributed by atoms with van der Waals surface area (Å²) in [5, 5.41) is 12.8. The van der Waals surface area contributed by atoms with Gasteiger partial charge in [0.2, 0.25) is 0 Å². The number of aryl methyl sites for hydroxylation is 1. The maximum Gasteiger partial charge on any atom is 0.306 e. The molecular formula is C10H16N4O4S. The van der Waals surface area contributed by atoms with E-state index in [1.807, 2.05) is 0 Å². The van der Waals surface area contributed by atoms with Crippen LogP contribution in [0.5, 0.6) is 0 Å². The van der Waals surface area contributed by atoms with Gasteiger partial charge in [-0.2, -0.15) is 17.8 Å². The van der Waals surface area contributed by atoms with Crippen LogP contribution in [0.4, 0.5) is 5.82 Å². The fraction of sp³-hybridized carbons (Fsp3) is 0.600. The Kier molecular flexibility index (Phi) is 3.76. The molecule has 2 heterocycles. The van der Waals surface area contributed by atoms with Crippen molar-refractivity contribution in [2.45, 2.75) is 12.8 Å². The van der Waals surface area contributed by atoms with E-state index in [2.05, 4.69) is 9.82 Å². The molecule has 2 rings (SSSR count). The summed E-state index contributed by atoms with van der Waals surface area (Å²) in [6.45, 7) is 0.415. The molecule has 1 aromatic rings. The third-order valence-corrected chi connectivity index (χ3v) is 4.60. The molecule has 0 spiro atoms. The topological polar surface area (TPSA) is 105 Å². The molecule has 0 aliphatic carbocycles. The Morgan fingerprint density at radius 1 is 1.47 bits per heavy atom. The van der Waals surface area contributed by atoms with E-state index < -0.39 is 22.1 Å². The fourth-order valence-electron chi connectivity index (χ4n) is 2.01. The summed E-state index contributed by atoms with van der Waals surface area (Å²) in [6, 6.07) is 1.56. The van der Waals surface area contributed by atoms with Crippen LogP contribution in [0.3, 0.4) is 0 Å². The quantitative estimate of drug-likeness (QED) is 0.803. The number of aromatic nitrogens is 2. The van der Waals surface area contributed by atoms with Gasteiger partial charge in [0, 0.05) is 32.4 Å². The predicted octanol–water partition coefficient (Wildman–Crippen LogP) is -0.127. The molecule has 19 heavy (non-hydrogen) atoms. The number of aliphatic carboxylic acids is 1. The van der Waals surface area contributed by atoms with Gasteiger partial charge < -0.3 is 5.11 Å². The van der Waals surface area contributed by atoms with Crippen molar-refractivity contribution >= 4 is 22.0 Å². The summed E-state index contributed by atoms with van der Waals surface area (Å²) >= 11 is 0. The number of carbonyl (C=O) groups is 1. The summed E-state index contributed by atoms with van der Waals surface area (Å²) in [7, 11) is -1.97. The zero-order valence-electron chi connectivity index (χ0n) is 10.5. The second-order valence-corrected chi connectivity index (χ2v) is 6.16. The van der Waals surface area contributed by atoms with Gasteiger partial charge >= 0.3 is 16.2 Å².